The van der Waals surface area contributed by atoms with E-state index in [9.17, 15) is 19.2 Å². The molecule has 0 unspecified atom stereocenters. The normalized spacial score (nSPS) is 10.7. The molecular weight excluding hydrogens is 457 g/mol. The van der Waals surface area contributed by atoms with Gasteiger partial charge in [0.2, 0.25) is 5.95 Å². The molecular formula is C24H21FN5O5-. The Balaban J connectivity index is 1.79. The predicted octanol–water partition coefficient (Wildman–Crippen LogP) is 3.09. The van der Waals surface area contributed by atoms with Crippen LogP contribution in [0.15, 0.2) is 82.4 Å². The van der Waals surface area contributed by atoms with Crippen molar-refractivity contribution in [1.29, 1.82) is 0 Å². The van der Waals surface area contributed by atoms with Crippen molar-refractivity contribution in [3.05, 3.63) is 116 Å². The van der Waals surface area contributed by atoms with Gasteiger partial charge in [0.05, 0.1) is 25.9 Å². The monoisotopic (exact) mass is 478 g/mol. The smallest absolute Gasteiger partial charge is 0.355 e. The van der Waals surface area contributed by atoms with Crippen LogP contribution in [-0.2, 0) is 13.1 Å². The first-order valence-corrected chi connectivity index (χ1v) is 10.5. The molecule has 0 amide bonds. The van der Waals surface area contributed by atoms with Gasteiger partial charge in [-0.05, 0) is 41.5 Å². The van der Waals surface area contributed by atoms with Crippen LogP contribution in [0.4, 0.5) is 21.7 Å². The van der Waals surface area contributed by atoms with Crippen LogP contribution in [0, 0.1) is 11.0 Å². The van der Waals surface area contributed by atoms with E-state index in [1.54, 1.807) is 48.5 Å². The maximum Gasteiger partial charge on any atom is 0.355 e. The molecule has 3 aromatic carbocycles. The molecule has 0 fully saturated rings. The van der Waals surface area contributed by atoms with Crippen LogP contribution in [0.5, 0.6) is 5.75 Å². The number of nitrogens with zero attached hydrogens (tertiary/aromatic N) is 4. The minimum Gasteiger partial charge on any atom is -0.733 e. The number of aromatic nitrogens is 3. The first-order valence-electron chi connectivity index (χ1n) is 10.5. The van der Waals surface area contributed by atoms with Crippen LogP contribution >= 0.6 is 0 Å². The Kier molecular flexibility index (Phi) is 6.90. The average Bonchev–Trinajstić information content (AvgIpc) is 2.86. The van der Waals surface area contributed by atoms with Crippen LogP contribution in [0.1, 0.15) is 11.1 Å². The highest BCUT2D eigenvalue weighted by Gasteiger charge is 2.15. The summed E-state index contributed by atoms with van der Waals surface area (Å²) in [5, 5.41) is 22.5. The molecule has 180 valence electrons. The van der Waals surface area contributed by atoms with Gasteiger partial charge in [-0.2, -0.15) is 4.98 Å². The molecule has 0 saturated carbocycles. The highest BCUT2D eigenvalue weighted by molar-refractivity contribution is 5.62. The lowest BCUT2D eigenvalue weighted by molar-refractivity contribution is 0.292. The number of hydrogen-bond donors (Lipinski definition) is 2. The molecule has 4 aromatic rings. The zero-order valence-electron chi connectivity index (χ0n) is 18.6. The van der Waals surface area contributed by atoms with E-state index in [1.807, 2.05) is 6.07 Å². The lowest BCUT2D eigenvalue weighted by Crippen LogP contribution is -2.43. The molecule has 0 aliphatic carbocycles. The fraction of sp³-hybridized carbons (Fsp3) is 0.125. The predicted molar refractivity (Wildman–Crippen MR) is 128 cm³/mol. The van der Waals surface area contributed by atoms with Crippen molar-refractivity contribution in [3.63, 3.8) is 0 Å². The first-order chi connectivity index (χ1) is 16.9. The summed E-state index contributed by atoms with van der Waals surface area (Å²) in [6.45, 7) is 0.0692. The molecule has 0 atom stereocenters. The Morgan fingerprint density at radius 3 is 2.31 bits per heavy atom. The molecule has 0 bridgehead atoms. The minimum atomic E-state index is -0.949. The third-order valence-corrected chi connectivity index (χ3v) is 5.24. The zero-order chi connectivity index (χ0) is 24.9. The van der Waals surface area contributed by atoms with E-state index >= 15 is 0 Å². The fourth-order valence-electron chi connectivity index (χ4n) is 3.45. The zero-order valence-corrected chi connectivity index (χ0v) is 18.6. The number of ether oxygens (including phenoxy) is 1. The third-order valence-electron chi connectivity index (χ3n) is 5.24. The van der Waals surface area contributed by atoms with Crippen molar-refractivity contribution in [1.82, 2.24) is 14.1 Å². The van der Waals surface area contributed by atoms with E-state index in [1.165, 1.54) is 17.7 Å². The Bertz CT molecular complexity index is 1440. The third kappa shape index (κ3) is 5.37. The number of rotatable bonds is 8. The molecule has 0 aliphatic heterocycles. The standard InChI is InChI=1S/C24H21FN5O5/c1-35-19-10-7-17(8-11-19)14-28-22(26-18-9-12-20(25)21(13-18)30(33)34)27-23(31)29(24(28)32)15-16-5-3-2-4-6-16/h2-13,33H,14-15H2,1H3,(H,26,27,31)/q-1. The Morgan fingerprint density at radius 1 is 1.00 bits per heavy atom. The van der Waals surface area contributed by atoms with Gasteiger partial charge in [0, 0.05) is 5.69 Å². The second-order valence-corrected chi connectivity index (χ2v) is 7.57. The van der Waals surface area contributed by atoms with Gasteiger partial charge in [0.1, 0.15) is 11.6 Å². The molecule has 10 nitrogen and oxygen atoms in total. The molecule has 11 heteroatoms. The Hall–Kier alpha value is -4.48. The number of anilines is 3. The minimum absolute atomic E-state index is 0.0186. The number of benzene rings is 3. The largest absolute Gasteiger partial charge is 0.733 e. The molecule has 1 aromatic heterocycles. The summed E-state index contributed by atoms with van der Waals surface area (Å²) in [5.74, 6) is -0.431. The highest BCUT2D eigenvalue weighted by atomic mass is 19.1. The van der Waals surface area contributed by atoms with Gasteiger partial charge in [-0.3, -0.25) is 9.77 Å². The SMILES string of the molecule is COc1ccc(Cn2c(Nc3ccc(F)c(N([O-])O)c3)nc(=O)n(Cc3ccccc3)c2=O)cc1. The number of methoxy groups -OCH3 is 1. The van der Waals surface area contributed by atoms with E-state index in [0.29, 0.717) is 5.75 Å². The van der Waals surface area contributed by atoms with Gasteiger partial charge in [-0.1, -0.05) is 42.5 Å². The van der Waals surface area contributed by atoms with Gasteiger partial charge in [-0.25, -0.2) is 18.5 Å². The fourth-order valence-corrected chi connectivity index (χ4v) is 3.45. The number of halogens is 1. The molecule has 0 aliphatic rings. The quantitative estimate of drug-likeness (QED) is 0.370. The van der Waals surface area contributed by atoms with E-state index in [4.69, 9.17) is 9.94 Å². The molecule has 0 radical (unpaired) electrons. The summed E-state index contributed by atoms with van der Waals surface area (Å²) in [7, 11) is 1.54. The van der Waals surface area contributed by atoms with E-state index < -0.39 is 28.1 Å². The van der Waals surface area contributed by atoms with Crippen LogP contribution in [0.3, 0.4) is 0 Å². The van der Waals surface area contributed by atoms with Gasteiger partial charge >= 0.3 is 11.4 Å². The van der Waals surface area contributed by atoms with Crippen molar-refractivity contribution < 1.29 is 14.3 Å². The van der Waals surface area contributed by atoms with Gasteiger partial charge < -0.3 is 20.5 Å². The summed E-state index contributed by atoms with van der Waals surface area (Å²) >= 11 is 0. The number of hydrogen-bond acceptors (Lipinski definition) is 8. The average molecular weight is 478 g/mol. The van der Waals surface area contributed by atoms with Crippen molar-refractivity contribution in [2.75, 3.05) is 17.7 Å². The van der Waals surface area contributed by atoms with Crippen LogP contribution in [0.25, 0.3) is 0 Å². The highest BCUT2D eigenvalue weighted by Crippen LogP contribution is 2.24. The lowest BCUT2D eigenvalue weighted by atomic mass is 10.2. The summed E-state index contributed by atoms with van der Waals surface area (Å²) in [6, 6.07) is 19.3. The molecule has 0 saturated heterocycles. The Labute approximate surface area is 198 Å². The summed E-state index contributed by atoms with van der Waals surface area (Å²) in [4.78, 5) is 30.3. The topological polar surface area (TPSA) is 125 Å². The van der Waals surface area contributed by atoms with Gasteiger partial charge in [0.15, 0.2) is 0 Å². The molecule has 1 heterocycles. The maximum atomic E-state index is 13.8. The van der Waals surface area contributed by atoms with Crippen LogP contribution in [-0.4, -0.2) is 26.4 Å². The molecule has 4 rings (SSSR count). The van der Waals surface area contributed by atoms with Gasteiger partial charge in [0.25, 0.3) is 0 Å². The van der Waals surface area contributed by atoms with E-state index in [-0.39, 0.29) is 24.7 Å². The molecule has 35 heavy (non-hydrogen) atoms. The molecule has 2 N–H and O–H groups in total. The van der Waals surface area contributed by atoms with E-state index in [2.05, 4.69) is 10.3 Å². The second kappa shape index (κ2) is 10.2. The Morgan fingerprint density at radius 2 is 1.66 bits per heavy atom. The summed E-state index contributed by atoms with van der Waals surface area (Å²) < 4.78 is 21.2. The summed E-state index contributed by atoms with van der Waals surface area (Å²) in [5.41, 5.74) is -0.455. The lowest BCUT2D eigenvalue weighted by Gasteiger charge is -2.23. The van der Waals surface area contributed by atoms with Crippen molar-refractivity contribution >= 4 is 17.3 Å². The molecule has 0 spiro atoms. The van der Waals surface area contributed by atoms with E-state index in [0.717, 1.165) is 27.8 Å². The first kappa shape index (κ1) is 23.7. The summed E-state index contributed by atoms with van der Waals surface area (Å²) in [6.07, 6.45) is 0. The van der Waals surface area contributed by atoms with Gasteiger partial charge in [-0.15, -0.1) is 0 Å². The van der Waals surface area contributed by atoms with Crippen molar-refractivity contribution in [2.24, 2.45) is 0 Å². The van der Waals surface area contributed by atoms with Crippen LogP contribution in [0.2, 0.25) is 0 Å². The second-order valence-electron chi connectivity index (χ2n) is 7.57. The van der Waals surface area contributed by atoms with Crippen molar-refractivity contribution in [2.45, 2.75) is 13.1 Å². The van der Waals surface area contributed by atoms with Crippen molar-refractivity contribution in [3.8, 4) is 5.75 Å². The maximum absolute atomic E-state index is 13.8. The van der Waals surface area contributed by atoms with Crippen LogP contribution < -0.4 is 26.7 Å². The number of nitrogens with one attached hydrogen (secondary N) is 1.